The van der Waals surface area contributed by atoms with Crippen molar-refractivity contribution in [3.05, 3.63) is 0 Å². The summed E-state index contributed by atoms with van der Waals surface area (Å²) >= 11 is 0. The predicted octanol–water partition coefficient (Wildman–Crippen LogP) is 2.03. The molecule has 0 aromatic carbocycles. The third kappa shape index (κ3) is 3.61. The molecule has 2 rings (SSSR count). The van der Waals surface area contributed by atoms with Crippen molar-refractivity contribution < 1.29 is 18.0 Å². The quantitative estimate of drug-likeness (QED) is 0.834. The van der Waals surface area contributed by atoms with E-state index in [1.165, 1.54) is 0 Å². The first kappa shape index (κ1) is 14.6. The topological polar surface area (TPSA) is 32.3 Å². The van der Waals surface area contributed by atoms with Crippen molar-refractivity contribution in [3.63, 3.8) is 0 Å². The van der Waals surface area contributed by atoms with Crippen LogP contribution < -0.4 is 5.32 Å². The third-order valence-corrected chi connectivity index (χ3v) is 4.34. The number of hydrogen-bond donors (Lipinski definition) is 1. The van der Waals surface area contributed by atoms with E-state index in [4.69, 9.17) is 0 Å². The molecule has 110 valence electrons. The first-order valence-corrected chi connectivity index (χ1v) is 6.87. The van der Waals surface area contributed by atoms with E-state index in [1.54, 1.807) is 13.8 Å². The average molecular weight is 278 g/mol. The summed E-state index contributed by atoms with van der Waals surface area (Å²) in [6, 6.07) is -0.301. The molecule has 2 fully saturated rings. The van der Waals surface area contributed by atoms with Gasteiger partial charge in [-0.05, 0) is 44.7 Å². The lowest BCUT2D eigenvalue weighted by Gasteiger charge is -2.37. The molecule has 2 atom stereocenters. The lowest BCUT2D eigenvalue weighted by atomic mass is 9.87. The van der Waals surface area contributed by atoms with Gasteiger partial charge in [-0.1, -0.05) is 6.92 Å². The monoisotopic (exact) mass is 278 g/mol. The summed E-state index contributed by atoms with van der Waals surface area (Å²) in [5.74, 6) is -0.249. The highest BCUT2D eigenvalue weighted by molar-refractivity contribution is 5.79. The fourth-order valence-electron chi connectivity index (χ4n) is 2.58. The second-order valence-electron chi connectivity index (χ2n) is 5.87. The van der Waals surface area contributed by atoms with Crippen molar-refractivity contribution in [2.45, 2.75) is 38.9 Å². The van der Waals surface area contributed by atoms with Crippen molar-refractivity contribution in [2.75, 3.05) is 19.6 Å². The van der Waals surface area contributed by atoms with Crippen molar-refractivity contribution in [3.8, 4) is 0 Å². The van der Waals surface area contributed by atoms with Gasteiger partial charge >= 0.3 is 6.18 Å². The van der Waals surface area contributed by atoms with Crippen LogP contribution in [0.3, 0.4) is 0 Å². The van der Waals surface area contributed by atoms with Crippen LogP contribution in [0.1, 0.15) is 26.7 Å². The van der Waals surface area contributed by atoms with Gasteiger partial charge in [0.1, 0.15) is 6.54 Å². The minimum atomic E-state index is -4.32. The van der Waals surface area contributed by atoms with Gasteiger partial charge in [0.15, 0.2) is 0 Å². The van der Waals surface area contributed by atoms with Gasteiger partial charge in [-0.15, -0.1) is 0 Å². The summed E-state index contributed by atoms with van der Waals surface area (Å²) in [5, 5.41) is 3.06. The summed E-state index contributed by atoms with van der Waals surface area (Å²) in [6.45, 7) is 3.83. The van der Waals surface area contributed by atoms with E-state index in [1.807, 2.05) is 0 Å². The predicted molar refractivity (Wildman–Crippen MR) is 65.5 cm³/mol. The Labute approximate surface area is 111 Å². The Balaban J connectivity index is 2.04. The molecule has 2 unspecified atom stereocenters. The molecule has 1 saturated carbocycles. The molecule has 3 nitrogen and oxygen atoms in total. The molecular weight excluding hydrogens is 257 g/mol. The number of halogens is 3. The van der Waals surface area contributed by atoms with Crippen LogP contribution in [0.25, 0.3) is 0 Å². The summed E-state index contributed by atoms with van der Waals surface area (Å²) in [6.07, 6.45) is -2.46. The van der Waals surface area contributed by atoms with Gasteiger partial charge < -0.3 is 10.2 Å². The summed E-state index contributed by atoms with van der Waals surface area (Å²) in [4.78, 5) is 13.4. The Morgan fingerprint density at radius 3 is 2.21 bits per heavy atom. The van der Waals surface area contributed by atoms with Gasteiger partial charge in [0.05, 0.1) is 0 Å². The SMILES string of the molecule is CC(C(=O)N(CC(F)(F)F)C(C)C1CC1)C1CNC1. The summed E-state index contributed by atoms with van der Waals surface area (Å²) in [7, 11) is 0. The second-order valence-corrected chi connectivity index (χ2v) is 5.87. The number of nitrogens with zero attached hydrogens (tertiary/aromatic N) is 1. The van der Waals surface area contributed by atoms with Gasteiger partial charge in [0.2, 0.25) is 5.91 Å². The lowest BCUT2D eigenvalue weighted by Crippen LogP contribution is -2.53. The largest absolute Gasteiger partial charge is 0.406 e. The van der Waals surface area contributed by atoms with Crippen LogP contribution in [-0.4, -0.2) is 42.7 Å². The standard InChI is InChI=1S/C13H21F3N2O/c1-8(11-5-17-6-11)12(19)18(7-13(14,15)16)9(2)10-3-4-10/h8-11,17H,3-7H2,1-2H3. The number of carbonyl (C=O) groups is 1. The van der Waals surface area contributed by atoms with Crippen molar-refractivity contribution in [2.24, 2.45) is 17.8 Å². The second kappa shape index (κ2) is 5.31. The zero-order valence-corrected chi connectivity index (χ0v) is 11.3. The first-order valence-electron chi connectivity index (χ1n) is 6.87. The van der Waals surface area contributed by atoms with E-state index in [0.717, 1.165) is 30.8 Å². The van der Waals surface area contributed by atoms with E-state index < -0.39 is 12.7 Å². The fraction of sp³-hybridized carbons (Fsp3) is 0.923. The Bertz CT molecular complexity index is 337. The molecule has 2 aliphatic rings. The van der Waals surface area contributed by atoms with E-state index >= 15 is 0 Å². The van der Waals surface area contributed by atoms with Crippen molar-refractivity contribution >= 4 is 5.91 Å². The smallest absolute Gasteiger partial charge is 0.330 e. The Hall–Kier alpha value is -0.780. The van der Waals surface area contributed by atoms with Crippen LogP contribution in [0, 0.1) is 17.8 Å². The number of rotatable bonds is 5. The zero-order valence-electron chi connectivity index (χ0n) is 11.3. The van der Waals surface area contributed by atoms with E-state index in [-0.39, 0.29) is 29.7 Å². The molecule has 0 bridgehead atoms. The highest BCUT2D eigenvalue weighted by atomic mass is 19.4. The van der Waals surface area contributed by atoms with Crippen LogP contribution in [0.4, 0.5) is 13.2 Å². The Morgan fingerprint density at radius 1 is 1.26 bits per heavy atom. The van der Waals surface area contributed by atoms with Crippen LogP contribution in [-0.2, 0) is 4.79 Å². The number of hydrogen-bond acceptors (Lipinski definition) is 2. The minimum absolute atomic E-state index is 0.176. The molecular formula is C13H21F3N2O. The zero-order chi connectivity index (χ0) is 14.2. The van der Waals surface area contributed by atoms with Crippen LogP contribution in [0.2, 0.25) is 0 Å². The fourth-order valence-corrected chi connectivity index (χ4v) is 2.58. The molecule has 1 aliphatic heterocycles. The maximum Gasteiger partial charge on any atom is 0.406 e. The first-order chi connectivity index (χ1) is 8.79. The van der Waals surface area contributed by atoms with E-state index in [0.29, 0.717) is 0 Å². The molecule has 19 heavy (non-hydrogen) atoms. The molecule has 1 heterocycles. The van der Waals surface area contributed by atoms with Gasteiger partial charge in [-0.2, -0.15) is 13.2 Å². The minimum Gasteiger partial charge on any atom is -0.330 e. The van der Waals surface area contributed by atoms with Gasteiger partial charge in [-0.3, -0.25) is 4.79 Å². The molecule has 0 spiro atoms. The molecule has 1 N–H and O–H groups in total. The maximum atomic E-state index is 12.7. The molecule has 6 heteroatoms. The number of carbonyl (C=O) groups excluding carboxylic acids is 1. The average Bonchev–Trinajstić information content (AvgIpc) is 3.03. The number of amides is 1. The van der Waals surface area contributed by atoms with Crippen molar-refractivity contribution in [1.29, 1.82) is 0 Å². The lowest BCUT2D eigenvalue weighted by molar-refractivity contribution is -0.169. The summed E-state index contributed by atoms with van der Waals surface area (Å²) < 4.78 is 38.0. The van der Waals surface area contributed by atoms with Gasteiger partial charge in [0, 0.05) is 12.0 Å². The van der Waals surface area contributed by atoms with Crippen molar-refractivity contribution in [1.82, 2.24) is 10.2 Å². The molecule has 1 saturated heterocycles. The molecule has 0 aromatic heterocycles. The molecule has 1 amide bonds. The van der Waals surface area contributed by atoms with Crippen LogP contribution in [0.15, 0.2) is 0 Å². The molecule has 0 radical (unpaired) electrons. The normalized spacial score (nSPS) is 23.6. The number of nitrogens with one attached hydrogen (secondary N) is 1. The Kier molecular flexibility index (Phi) is 4.08. The highest BCUT2D eigenvalue weighted by Gasteiger charge is 2.43. The maximum absolute atomic E-state index is 12.7. The van der Waals surface area contributed by atoms with E-state index in [9.17, 15) is 18.0 Å². The molecule has 0 aromatic rings. The van der Waals surface area contributed by atoms with Gasteiger partial charge in [-0.25, -0.2) is 0 Å². The number of alkyl halides is 3. The van der Waals surface area contributed by atoms with Gasteiger partial charge in [0.25, 0.3) is 0 Å². The highest BCUT2D eigenvalue weighted by Crippen LogP contribution is 2.37. The van der Waals surface area contributed by atoms with Crippen LogP contribution in [0.5, 0.6) is 0 Å². The van der Waals surface area contributed by atoms with Crippen LogP contribution >= 0.6 is 0 Å². The third-order valence-electron chi connectivity index (χ3n) is 4.34. The Morgan fingerprint density at radius 2 is 1.84 bits per heavy atom. The van der Waals surface area contributed by atoms with E-state index in [2.05, 4.69) is 5.32 Å². The molecule has 1 aliphatic carbocycles. The summed E-state index contributed by atoms with van der Waals surface area (Å²) in [5.41, 5.74) is 0.